The molecular formula is C26H29N9O3. The van der Waals surface area contributed by atoms with E-state index in [1.807, 2.05) is 50.8 Å². The van der Waals surface area contributed by atoms with Gasteiger partial charge < -0.3 is 24.3 Å². The number of carbonyl (C=O) groups is 1. The first-order chi connectivity index (χ1) is 18.3. The molecule has 1 aliphatic rings. The second-order valence-corrected chi connectivity index (χ2v) is 9.90. The number of rotatable bonds is 5. The van der Waals surface area contributed by atoms with Gasteiger partial charge in [-0.25, -0.2) is 9.31 Å². The van der Waals surface area contributed by atoms with Gasteiger partial charge in [0.15, 0.2) is 0 Å². The van der Waals surface area contributed by atoms with Crippen LogP contribution in [-0.2, 0) is 4.74 Å². The van der Waals surface area contributed by atoms with E-state index in [0.717, 1.165) is 16.9 Å². The molecule has 1 aliphatic heterocycles. The Labute approximate surface area is 219 Å². The highest BCUT2D eigenvalue weighted by molar-refractivity contribution is 5.77. The first-order valence-electron chi connectivity index (χ1n) is 12.4. The zero-order chi connectivity index (χ0) is 26.9. The lowest BCUT2D eigenvalue weighted by molar-refractivity contribution is 0.0239. The predicted molar refractivity (Wildman–Crippen MR) is 141 cm³/mol. The van der Waals surface area contributed by atoms with Crippen LogP contribution in [0.3, 0.4) is 0 Å². The van der Waals surface area contributed by atoms with Gasteiger partial charge in [-0.05, 0) is 52.0 Å². The molecule has 4 aromatic rings. The van der Waals surface area contributed by atoms with Crippen LogP contribution in [0.2, 0.25) is 0 Å². The summed E-state index contributed by atoms with van der Waals surface area (Å²) in [6, 6.07) is 10.0. The van der Waals surface area contributed by atoms with Gasteiger partial charge in [0.1, 0.15) is 11.7 Å². The molecule has 38 heavy (non-hydrogen) atoms. The van der Waals surface area contributed by atoms with E-state index in [-0.39, 0.29) is 6.09 Å². The summed E-state index contributed by atoms with van der Waals surface area (Å²) >= 11 is 0. The third-order valence-corrected chi connectivity index (χ3v) is 6.01. The first-order valence-corrected chi connectivity index (χ1v) is 12.4. The molecule has 1 N–H and O–H groups in total. The van der Waals surface area contributed by atoms with Crippen molar-refractivity contribution in [3.63, 3.8) is 0 Å². The smallest absolute Gasteiger partial charge is 0.410 e. The summed E-state index contributed by atoms with van der Waals surface area (Å²) in [4.78, 5) is 20.7. The molecule has 0 atom stereocenters. The first kappa shape index (κ1) is 25.0. The number of anilines is 2. The zero-order valence-corrected chi connectivity index (χ0v) is 21.8. The number of nitriles is 1. The minimum atomic E-state index is -0.532. The number of carbonyl (C=O) groups excluding carboxylic acids is 1. The van der Waals surface area contributed by atoms with Crippen molar-refractivity contribution in [2.75, 3.05) is 42.9 Å². The van der Waals surface area contributed by atoms with Gasteiger partial charge in [-0.15, -0.1) is 5.10 Å². The zero-order valence-electron chi connectivity index (χ0n) is 21.8. The Hall–Kier alpha value is -4.66. The summed E-state index contributed by atoms with van der Waals surface area (Å²) in [5, 5.41) is 25.4. The maximum absolute atomic E-state index is 12.4. The fourth-order valence-corrected chi connectivity index (χ4v) is 4.22. The number of nitrogens with zero attached hydrogens (tertiary/aromatic N) is 8. The fourth-order valence-electron chi connectivity index (χ4n) is 4.22. The van der Waals surface area contributed by atoms with Crippen LogP contribution < -0.4 is 10.2 Å². The SMILES string of the molecule is CCNc1cc(-c2ccc3cc(C#N)cnn23)ncc1-c1nnc(N2CCN(C(=O)OC(C)(C)C)CC2)o1. The van der Waals surface area contributed by atoms with Gasteiger partial charge in [0.05, 0.1) is 39.9 Å². The molecular weight excluding hydrogens is 486 g/mol. The van der Waals surface area contributed by atoms with Crippen molar-refractivity contribution >= 4 is 23.3 Å². The van der Waals surface area contributed by atoms with Crippen LogP contribution in [0.15, 0.2) is 41.1 Å². The monoisotopic (exact) mass is 515 g/mol. The van der Waals surface area contributed by atoms with E-state index in [9.17, 15) is 4.79 Å². The summed E-state index contributed by atoms with van der Waals surface area (Å²) < 4.78 is 13.3. The second-order valence-electron chi connectivity index (χ2n) is 9.90. The highest BCUT2D eigenvalue weighted by Gasteiger charge is 2.28. The normalized spacial score (nSPS) is 14.0. The number of pyridine rings is 1. The summed E-state index contributed by atoms with van der Waals surface area (Å²) in [6.07, 6.45) is 2.92. The quantitative estimate of drug-likeness (QED) is 0.417. The Morgan fingerprint density at radius 1 is 1.16 bits per heavy atom. The van der Waals surface area contributed by atoms with Crippen LogP contribution >= 0.6 is 0 Å². The fraction of sp³-hybridized carbons (Fsp3) is 0.385. The van der Waals surface area contributed by atoms with Gasteiger partial charge in [-0.1, -0.05) is 5.10 Å². The molecule has 12 nitrogen and oxygen atoms in total. The van der Waals surface area contributed by atoms with Crippen molar-refractivity contribution in [1.82, 2.24) is 29.7 Å². The standard InChI is InChI=1S/C26H29N9O3/c1-5-28-20-13-21(22-7-6-18-12-17(14-27)15-30-35(18)22)29-16-19(20)23-31-32-24(37-23)33-8-10-34(11-9-33)25(36)38-26(2,3)4/h6-7,12-13,15-16H,5,8-11H2,1-4H3,(H,28,29). The number of ether oxygens (including phenoxy) is 1. The molecule has 0 saturated carbocycles. The lowest BCUT2D eigenvalue weighted by Crippen LogP contribution is -2.50. The van der Waals surface area contributed by atoms with Crippen LogP contribution in [-0.4, -0.2) is 74.1 Å². The Morgan fingerprint density at radius 3 is 2.66 bits per heavy atom. The molecule has 5 heterocycles. The van der Waals surface area contributed by atoms with Gasteiger partial charge in [-0.3, -0.25) is 4.98 Å². The molecule has 0 unspecified atom stereocenters. The van der Waals surface area contributed by atoms with Crippen LogP contribution in [0.1, 0.15) is 33.3 Å². The summed E-state index contributed by atoms with van der Waals surface area (Å²) in [5.41, 5.74) is 3.76. The van der Waals surface area contributed by atoms with E-state index in [0.29, 0.717) is 61.4 Å². The van der Waals surface area contributed by atoms with E-state index in [1.165, 1.54) is 6.20 Å². The molecule has 4 aromatic heterocycles. The van der Waals surface area contributed by atoms with Crippen molar-refractivity contribution in [3.05, 3.63) is 42.2 Å². The average molecular weight is 516 g/mol. The van der Waals surface area contributed by atoms with Crippen molar-refractivity contribution < 1.29 is 13.9 Å². The molecule has 1 saturated heterocycles. The largest absolute Gasteiger partial charge is 0.444 e. The highest BCUT2D eigenvalue weighted by Crippen LogP contribution is 2.32. The predicted octanol–water partition coefficient (Wildman–Crippen LogP) is 3.81. The number of aromatic nitrogens is 5. The van der Waals surface area contributed by atoms with Gasteiger partial charge in [0.25, 0.3) is 5.89 Å². The molecule has 5 rings (SSSR count). The maximum Gasteiger partial charge on any atom is 0.410 e. The van der Waals surface area contributed by atoms with Crippen molar-refractivity contribution in [3.8, 4) is 28.9 Å². The maximum atomic E-state index is 12.4. The third-order valence-electron chi connectivity index (χ3n) is 6.01. The van der Waals surface area contributed by atoms with Gasteiger partial charge in [0.2, 0.25) is 0 Å². The molecule has 1 amide bonds. The molecule has 0 spiro atoms. The Balaban J connectivity index is 1.35. The van der Waals surface area contributed by atoms with E-state index >= 15 is 0 Å². The van der Waals surface area contributed by atoms with Crippen LogP contribution in [0, 0.1) is 11.3 Å². The van der Waals surface area contributed by atoms with Crippen molar-refractivity contribution in [2.24, 2.45) is 0 Å². The number of fused-ring (bicyclic) bond motifs is 1. The van der Waals surface area contributed by atoms with Crippen LogP contribution in [0.4, 0.5) is 16.5 Å². The molecule has 0 radical (unpaired) electrons. The lowest BCUT2D eigenvalue weighted by atomic mass is 10.1. The molecule has 0 bridgehead atoms. The van der Waals surface area contributed by atoms with Gasteiger partial charge >= 0.3 is 12.1 Å². The Kier molecular flexibility index (Phi) is 6.59. The van der Waals surface area contributed by atoms with Crippen LogP contribution in [0.5, 0.6) is 0 Å². The summed E-state index contributed by atoms with van der Waals surface area (Å²) in [6.45, 7) is 10.4. The van der Waals surface area contributed by atoms with Gasteiger partial charge in [-0.2, -0.15) is 10.4 Å². The topological polar surface area (TPSA) is 138 Å². The number of nitrogens with one attached hydrogen (secondary N) is 1. The minimum absolute atomic E-state index is 0.318. The molecule has 1 fully saturated rings. The Morgan fingerprint density at radius 2 is 1.95 bits per heavy atom. The lowest BCUT2D eigenvalue weighted by Gasteiger charge is -2.34. The molecule has 12 heteroatoms. The van der Waals surface area contributed by atoms with E-state index in [4.69, 9.17) is 14.4 Å². The number of piperazine rings is 1. The number of amides is 1. The molecule has 196 valence electrons. The Bertz CT molecular complexity index is 1500. The second kappa shape index (κ2) is 10.0. The highest BCUT2D eigenvalue weighted by atomic mass is 16.6. The third kappa shape index (κ3) is 5.08. The summed E-state index contributed by atoms with van der Waals surface area (Å²) in [7, 11) is 0. The summed E-state index contributed by atoms with van der Waals surface area (Å²) in [5.74, 6) is 0.348. The van der Waals surface area contributed by atoms with Crippen molar-refractivity contribution in [2.45, 2.75) is 33.3 Å². The average Bonchev–Trinajstić information content (AvgIpc) is 3.55. The van der Waals surface area contributed by atoms with Crippen molar-refractivity contribution in [1.29, 1.82) is 5.26 Å². The number of hydrogen-bond donors (Lipinski definition) is 1. The van der Waals surface area contributed by atoms with E-state index in [2.05, 4.69) is 31.7 Å². The molecule has 0 aliphatic carbocycles. The van der Waals surface area contributed by atoms with Crippen LogP contribution in [0.25, 0.3) is 28.4 Å². The van der Waals surface area contributed by atoms with E-state index in [1.54, 1.807) is 21.7 Å². The van der Waals surface area contributed by atoms with E-state index < -0.39 is 5.60 Å². The van der Waals surface area contributed by atoms with Gasteiger partial charge in [0, 0.05) is 38.9 Å². The minimum Gasteiger partial charge on any atom is -0.444 e. The molecule has 0 aromatic carbocycles. The number of hydrogen-bond acceptors (Lipinski definition) is 10.